The molecule has 11 rings (SSSR count). The van der Waals surface area contributed by atoms with E-state index in [4.69, 9.17) is 0 Å². The number of anilines is 3. The third-order valence-electron chi connectivity index (χ3n) is 11.5. The maximum atomic E-state index is 2.42. The van der Waals surface area contributed by atoms with Crippen molar-refractivity contribution in [1.82, 2.24) is 0 Å². The topological polar surface area (TPSA) is 3.24 Å². The number of fused-ring (bicyclic) bond motifs is 5. The second-order valence-electron chi connectivity index (χ2n) is 14.9. The van der Waals surface area contributed by atoms with E-state index in [1.165, 1.54) is 86.2 Å². The summed E-state index contributed by atoms with van der Waals surface area (Å²) in [5.74, 6) is 0. The van der Waals surface area contributed by atoms with Gasteiger partial charge in [0.1, 0.15) is 0 Å². The van der Waals surface area contributed by atoms with Crippen molar-refractivity contribution >= 4 is 70.1 Å². The monoisotopic (exact) mass is 755 g/mol. The SMILES string of the molecule is c1cc(-c2cccc3ccccc23)cc(N(c2ccc(-c3ccc(-c4cccc5ccccc45)cc3)cc2)c2ccccc2-c2ccc3sc4ccccc4c3c2)c1. The maximum absolute atomic E-state index is 2.42. The van der Waals surface area contributed by atoms with Crippen LogP contribution < -0.4 is 4.90 Å². The summed E-state index contributed by atoms with van der Waals surface area (Å²) >= 11 is 1.86. The van der Waals surface area contributed by atoms with Crippen LogP contribution in [0.4, 0.5) is 17.1 Å². The molecule has 0 atom stereocenters. The van der Waals surface area contributed by atoms with E-state index in [9.17, 15) is 0 Å². The van der Waals surface area contributed by atoms with Crippen molar-refractivity contribution in [3.63, 3.8) is 0 Å². The average Bonchev–Trinajstić information content (AvgIpc) is 3.67. The number of thiophene rings is 1. The van der Waals surface area contributed by atoms with Crippen LogP contribution in [0.3, 0.4) is 0 Å². The molecule has 0 aliphatic heterocycles. The van der Waals surface area contributed by atoms with Crippen LogP contribution in [0.5, 0.6) is 0 Å². The zero-order chi connectivity index (χ0) is 38.4. The minimum atomic E-state index is 1.10. The fraction of sp³-hybridized carbons (Fsp3) is 0. The lowest BCUT2D eigenvalue weighted by atomic mass is 9.96. The molecule has 1 aromatic heterocycles. The number of benzene rings is 10. The molecule has 10 aromatic carbocycles. The highest BCUT2D eigenvalue weighted by atomic mass is 32.1. The Morgan fingerprint density at radius 2 is 0.776 bits per heavy atom. The largest absolute Gasteiger partial charge is 0.310 e. The van der Waals surface area contributed by atoms with E-state index in [-0.39, 0.29) is 0 Å². The van der Waals surface area contributed by atoms with Gasteiger partial charge in [0.05, 0.1) is 5.69 Å². The Labute approximate surface area is 342 Å². The summed E-state index contributed by atoms with van der Waals surface area (Å²) in [6, 6.07) is 82.0. The Balaban J connectivity index is 1.03. The normalized spacial score (nSPS) is 11.4. The van der Waals surface area contributed by atoms with Gasteiger partial charge in [0, 0.05) is 37.1 Å². The van der Waals surface area contributed by atoms with Gasteiger partial charge < -0.3 is 4.90 Å². The summed E-state index contributed by atoms with van der Waals surface area (Å²) in [7, 11) is 0. The molecule has 2 heteroatoms. The first kappa shape index (κ1) is 34.0. The minimum Gasteiger partial charge on any atom is -0.310 e. The van der Waals surface area contributed by atoms with Crippen LogP contribution >= 0.6 is 11.3 Å². The van der Waals surface area contributed by atoms with Crippen molar-refractivity contribution in [3.05, 3.63) is 224 Å². The molecule has 0 unspecified atom stereocenters. The fourth-order valence-corrected chi connectivity index (χ4v) is 9.73. The average molecular weight is 756 g/mol. The van der Waals surface area contributed by atoms with Gasteiger partial charge in [0.2, 0.25) is 0 Å². The summed E-state index contributed by atoms with van der Waals surface area (Å²) < 4.78 is 2.63. The third-order valence-corrected chi connectivity index (χ3v) is 12.6. The van der Waals surface area contributed by atoms with E-state index in [0.717, 1.165) is 17.1 Å². The Morgan fingerprint density at radius 1 is 0.276 bits per heavy atom. The van der Waals surface area contributed by atoms with E-state index in [0.29, 0.717) is 0 Å². The van der Waals surface area contributed by atoms with Crippen molar-refractivity contribution in [2.24, 2.45) is 0 Å². The number of hydrogen-bond acceptors (Lipinski definition) is 2. The van der Waals surface area contributed by atoms with Gasteiger partial charge in [-0.1, -0.05) is 176 Å². The zero-order valence-electron chi connectivity index (χ0n) is 31.7. The second-order valence-corrected chi connectivity index (χ2v) is 16.0. The van der Waals surface area contributed by atoms with Gasteiger partial charge in [-0.3, -0.25) is 0 Å². The van der Waals surface area contributed by atoms with Gasteiger partial charge in [-0.25, -0.2) is 0 Å². The summed E-state index contributed by atoms with van der Waals surface area (Å²) in [6.45, 7) is 0. The molecular weight excluding hydrogens is 719 g/mol. The predicted molar refractivity (Wildman–Crippen MR) is 251 cm³/mol. The standard InChI is InChI=1S/C56H37NS/c1-3-18-47-40(12-1)14-10-22-49(47)42-28-26-38(27-29-42)39-30-33-45(34-31-39)57(46-17-9-16-43(36-46)50-23-11-15-41-13-2-4-19-48(41)50)54-24-7-5-20-51(54)44-32-35-56-53(37-44)52-21-6-8-25-55(52)58-56/h1-37H. The summed E-state index contributed by atoms with van der Waals surface area (Å²) in [5.41, 5.74) is 13.0. The summed E-state index contributed by atoms with van der Waals surface area (Å²) in [4.78, 5) is 2.42. The Hall–Kier alpha value is -7.26. The first-order valence-corrected chi connectivity index (χ1v) is 20.6. The van der Waals surface area contributed by atoms with Gasteiger partial charge in [0.15, 0.2) is 0 Å². The molecule has 0 aliphatic carbocycles. The number of rotatable bonds is 7. The van der Waals surface area contributed by atoms with Gasteiger partial charge in [-0.2, -0.15) is 0 Å². The van der Waals surface area contributed by atoms with Crippen molar-refractivity contribution in [2.75, 3.05) is 4.90 Å². The highest BCUT2D eigenvalue weighted by Gasteiger charge is 2.19. The molecule has 0 fully saturated rings. The molecule has 0 N–H and O–H groups in total. The highest BCUT2D eigenvalue weighted by Crippen LogP contribution is 2.44. The third kappa shape index (κ3) is 6.03. The van der Waals surface area contributed by atoms with Crippen LogP contribution in [0.25, 0.3) is 86.2 Å². The van der Waals surface area contributed by atoms with Crippen LogP contribution in [-0.2, 0) is 0 Å². The van der Waals surface area contributed by atoms with Crippen molar-refractivity contribution in [1.29, 1.82) is 0 Å². The number of nitrogens with zero attached hydrogens (tertiary/aromatic N) is 1. The van der Waals surface area contributed by atoms with E-state index in [1.807, 2.05) is 11.3 Å². The molecule has 0 bridgehead atoms. The van der Waals surface area contributed by atoms with Gasteiger partial charge in [-0.15, -0.1) is 11.3 Å². The van der Waals surface area contributed by atoms with Gasteiger partial charge in [-0.05, 0) is 109 Å². The van der Waals surface area contributed by atoms with E-state index < -0.39 is 0 Å². The molecule has 0 radical (unpaired) electrons. The Bertz CT molecular complexity index is 3270. The molecule has 1 nitrogen and oxygen atoms in total. The lowest BCUT2D eigenvalue weighted by Gasteiger charge is -2.28. The van der Waals surface area contributed by atoms with Crippen molar-refractivity contribution in [3.8, 4) is 44.5 Å². The van der Waals surface area contributed by atoms with E-state index in [2.05, 4.69) is 229 Å². The minimum absolute atomic E-state index is 1.10. The van der Waals surface area contributed by atoms with E-state index >= 15 is 0 Å². The predicted octanol–water partition coefficient (Wildman–Crippen LogP) is 16.5. The molecular formula is C56H37NS. The smallest absolute Gasteiger partial charge is 0.0540 e. The molecule has 0 saturated heterocycles. The lowest BCUT2D eigenvalue weighted by Crippen LogP contribution is -2.11. The van der Waals surface area contributed by atoms with E-state index in [1.54, 1.807) is 0 Å². The first-order valence-electron chi connectivity index (χ1n) is 19.8. The van der Waals surface area contributed by atoms with Crippen molar-refractivity contribution < 1.29 is 0 Å². The Kier molecular flexibility index (Phi) is 8.42. The van der Waals surface area contributed by atoms with Crippen LogP contribution in [0.15, 0.2) is 224 Å². The first-order chi connectivity index (χ1) is 28.7. The van der Waals surface area contributed by atoms with Crippen LogP contribution in [0, 0.1) is 0 Å². The van der Waals surface area contributed by atoms with Crippen LogP contribution in [0.2, 0.25) is 0 Å². The molecule has 0 amide bonds. The zero-order valence-corrected chi connectivity index (χ0v) is 32.5. The number of hydrogen-bond donors (Lipinski definition) is 0. The summed E-state index contributed by atoms with van der Waals surface area (Å²) in [5, 5.41) is 7.63. The maximum Gasteiger partial charge on any atom is 0.0540 e. The Morgan fingerprint density at radius 3 is 1.52 bits per heavy atom. The molecule has 0 aliphatic rings. The molecule has 272 valence electrons. The summed E-state index contributed by atoms with van der Waals surface area (Å²) in [6.07, 6.45) is 0. The molecule has 0 spiro atoms. The quantitative estimate of drug-likeness (QED) is 0.157. The molecule has 11 aromatic rings. The lowest BCUT2D eigenvalue weighted by molar-refractivity contribution is 1.28. The van der Waals surface area contributed by atoms with Crippen LogP contribution in [-0.4, -0.2) is 0 Å². The van der Waals surface area contributed by atoms with Gasteiger partial charge in [0.25, 0.3) is 0 Å². The molecule has 58 heavy (non-hydrogen) atoms. The number of para-hydroxylation sites is 1. The molecule has 1 heterocycles. The molecule has 0 saturated carbocycles. The van der Waals surface area contributed by atoms with Crippen LogP contribution in [0.1, 0.15) is 0 Å². The fourth-order valence-electron chi connectivity index (χ4n) is 8.65. The highest BCUT2D eigenvalue weighted by molar-refractivity contribution is 7.25. The second kappa shape index (κ2) is 14.4. The van der Waals surface area contributed by atoms with Gasteiger partial charge >= 0.3 is 0 Å². The van der Waals surface area contributed by atoms with Crippen molar-refractivity contribution in [2.45, 2.75) is 0 Å².